The molecule has 2 heterocycles. The van der Waals surface area contributed by atoms with Crippen LogP contribution in [-0.2, 0) is 21.7 Å². The van der Waals surface area contributed by atoms with Gasteiger partial charge in [-0.3, -0.25) is 0 Å². The summed E-state index contributed by atoms with van der Waals surface area (Å²) in [6, 6.07) is 0. The minimum absolute atomic E-state index is 0.103. The first-order chi connectivity index (χ1) is 10.1. The van der Waals surface area contributed by atoms with E-state index in [-0.39, 0.29) is 11.2 Å². The van der Waals surface area contributed by atoms with Gasteiger partial charge in [-0.05, 0) is 38.5 Å². The van der Waals surface area contributed by atoms with Gasteiger partial charge in [-0.1, -0.05) is 12.1 Å². The number of hydrogen-bond donors (Lipinski definition) is 1. The van der Waals surface area contributed by atoms with Crippen LogP contribution in [0, 0.1) is 5.92 Å². The maximum absolute atomic E-state index is 5.84. The first-order valence-corrected chi connectivity index (χ1v) is 7.78. The van der Waals surface area contributed by atoms with Crippen LogP contribution in [0.15, 0.2) is 4.52 Å². The molecule has 1 aromatic rings. The van der Waals surface area contributed by atoms with Crippen molar-refractivity contribution in [2.75, 3.05) is 20.2 Å². The molecule has 1 N–H and O–H groups in total. The first-order valence-electron chi connectivity index (χ1n) is 7.78. The minimum atomic E-state index is -0.379. The molecule has 0 unspecified atom stereocenters. The van der Waals surface area contributed by atoms with Crippen LogP contribution in [0.3, 0.4) is 0 Å². The SMILES string of the molecule is COC1(c2noc(COC3(C)CNC3)n2)CCC(C)CC1. The molecule has 2 aliphatic rings. The van der Waals surface area contributed by atoms with Crippen LogP contribution in [0.1, 0.15) is 51.2 Å². The van der Waals surface area contributed by atoms with E-state index in [2.05, 4.69) is 29.3 Å². The summed E-state index contributed by atoms with van der Waals surface area (Å²) in [7, 11) is 1.74. The van der Waals surface area contributed by atoms with E-state index in [0.717, 1.165) is 44.7 Å². The van der Waals surface area contributed by atoms with Crippen molar-refractivity contribution in [2.45, 2.75) is 57.3 Å². The predicted molar refractivity (Wildman–Crippen MR) is 76.7 cm³/mol. The van der Waals surface area contributed by atoms with Crippen molar-refractivity contribution in [3.63, 3.8) is 0 Å². The van der Waals surface area contributed by atoms with Crippen LogP contribution in [0.2, 0.25) is 0 Å². The standard InChI is InChI=1S/C15H25N3O3/c1-11-4-6-15(19-3,7-5-11)13-17-12(21-18-13)8-20-14(2)9-16-10-14/h11,16H,4-10H2,1-3H3. The van der Waals surface area contributed by atoms with Gasteiger partial charge < -0.3 is 19.3 Å². The summed E-state index contributed by atoms with van der Waals surface area (Å²) in [4.78, 5) is 4.52. The monoisotopic (exact) mass is 295 g/mol. The van der Waals surface area contributed by atoms with Gasteiger partial charge in [-0.25, -0.2) is 0 Å². The smallest absolute Gasteiger partial charge is 0.252 e. The molecular weight excluding hydrogens is 270 g/mol. The highest BCUT2D eigenvalue weighted by molar-refractivity contribution is 5.04. The van der Waals surface area contributed by atoms with Crippen LogP contribution in [0.5, 0.6) is 0 Å². The lowest BCUT2D eigenvalue weighted by Gasteiger charge is -2.38. The Morgan fingerprint density at radius 3 is 2.62 bits per heavy atom. The summed E-state index contributed by atoms with van der Waals surface area (Å²) in [5.74, 6) is 1.95. The largest absolute Gasteiger partial charge is 0.370 e. The fourth-order valence-corrected chi connectivity index (χ4v) is 3.06. The lowest BCUT2D eigenvalue weighted by molar-refractivity contribution is -0.0841. The summed E-state index contributed by atoms with van der Waals surface area (Å²) in [6.07, 6.45) is 4.17. The van der Waals surface area contributed by atoms with Crippen LogP contribution in [-0.4, -0.2) is 35.9 Å². The van der Waals surface area contributed by atoms with Gasteiger partial charge in [0.05, 0.1) is 5.60 Å². The van der Waals surface area contributed by atoms with Gasteiger partial charge in [0.2, 0.25) is 5.82 Å². The topological polar surface area (TPSA) is 69.4 Å². The van der Waals surface area contributed by atoms with Gasteiger partial charge in [0.15, 0.2) is 0 Å². The van der Waals surface area contributed by atoms with Crippen molar-refractivity contribution in [1.29, 1.82) is 0 Å². The van der Waals surface area contributed by atoms with Gasteiger partial charge in [0.25, 0.3) is 5.89 Å². The number of nitrogens with zero attached hydrogens (tertiary/aromatic N) is 2. The Morgan fingerprint density at radius 2 is 2.05 bits per heavy atom. The molecule has 6 nitrogen and oxygen atoms in total. The lowest BCUT2D eigenvalue weighted by Crippen LogP contribution is -2.58. The Bertz CT molecular complexity index is 476. The zero-order valence-electron chi connectivity index (χ0n) is 13.1. The van der Waals surface area contributed by atoms with Gasteiger partial charge in [-0.15, -0.1) is 0 Å². The van der Waals surface area contributed by atoms with E-state index >= 15 is 0 Å². The van der Waals surface area contributed by atoms with Gasteiger partial charge in [0.1, 0.15) is 12.2 Å². The molecule has 0 radical (unpaired) electrons. The molecule has 1 aromatic heterocycles. The van der Waals surface area contributed by atoms with Crippen LogP contribution >= 0.6 is 0 Å². The van der Waals surface area contributed by atoms with Crippen molar-refractivity contribution >= 4 is 0 Å². The van der Waals surface area contributed by atoms with Crippen molar-refractivity contribution in [1.82, 2.24) is 15.5 Å². The predicted octanol–water partition coefficient (Wildman–Crippen LogP) is 2.00. The molecule has 0 amide bonds. The normalized spacial score (nSPS) is 31.9. The Hall–Kier alpha value is -0.980. The Morgan fingerprint density at radius 1 is 1.33 bits per heavy atom. The van der Waals surface area contributed by atoms with Crippen molar-refractivity contribution in [3.8, 4) is 0 Å². The molecule has 21 heavy (non-hydrogen) atoms. The van der Waals surface area contributed by atoms with Gasteiger partial charge in [0, 0.05) is 20.2 Å². The van der Waals surface area contributed by atoms with Crippen LogP contribution in [0.4, 0.5) is 0 Å². The summed E-state index contributed by atoms with van der Waals surface area (Å²) >= 11 is 0. The summed E-state index contributed by atoms with van der Waals surface area (Å²) in [6.45, 7) is 6.46. The van der Waals surface area contributed by atoms with Crippen LogP contribution in [0.25, 0.3) is 0 Å². The molecule has 0 bridgehead atoms. The molecule has 2 fully saturated rings. The number of ether oxygens (including phenoxy) is 2. The van der Waals surface area contributed by atoms with E-state index in [0.29, 0.717) is 18.3 Å². The number of aromatic nitrogens is 2. The number of methoxy groups -OCH3 is 1. The van der Waals surface area contributed by atoms with E-state index in [1.807, 2.05) is 0 Å². The molecule has 1 saturated carbocycles. The third-order valence-corrected chi connectivity index (χ3v) is 4.89. The number of hydrogen-bond acceptors (Lipinski definition) is 6. The molecule has 0 atom stereocenters. The molecule has 0 spiro atoms. The molecule has 3 rings (SSSR count). The summed E-state index contributed by atoms with van der Waals surface area (Å²) < 4.78 is 17.0. The second kappa shape index (κ2) is 5.66. The van der Waals surface area contributed by atoms with E-state index in [9.17, 15) is 0 Å². The zero-order valence-corrected chi connectivity index (χ0v) is 13.1. The third-order valence-electron chi connectivity index (χ3n) is 4.89. The Balaban J connectivity index is 1.65. The molecule has 6 heteroatoms. The molecule has 118 valence electrons. The fraction of sp³-hybridized carbons (Fsp3) is 0.867. The van der Waals surface area contributed by atoms with Crippen LogP contribution < -0.4 is 5.32 Å². The third kappa shape index (κ3) is 2.98. The second-order valence-electron chi connectivity index (χ2n) is 6.73. The maximum atomic E-state index is 5.84. The average molecular weight is 295 g/mol. The number of nitrogens with one attached hydrogen (secondary N) is 1. The molecule has 1 aliphatic heterocycles. The highest BCUT2D eigenvalue weighted by atomic mass is 16.5. The van der Waals surface area contributed by atoms with Crippen molar-refractivity contribution in [2.24, 2.45) is 5.92 Å². The zero-order chi connectivity index (χ0) is 14.9. The second-order valence-corrected chi connectivity index (χ2v) is 6.73. The van der Waals surface area contributed by atoms with Crippen molar-refractivity contribution in [3.05, 3.63) is 11.7 Å². The highest BCUT2D eigenvalue weighted by Gasteiger charge is 2.40. The lowest BCUT2D eigenvalue weighted by atomic mass is 9.79. The maximum Gasteiger partial charge on any atom is 0.252 e. The van der Waals surface area contributed by atoms with E-state index < -0.39 is 0 Å². The van der Waals surface area contributed by atoms with E-state index in [1.165, 1.54) is 0 Å². The Labute approximate surface area is 125 Å². The molecular formula is C15H25N3O3. The van der Waals surface area contributed by atoms with Gasteiger partial charge >= 0.3 is 0 Å². The highest BCUT2D eigenvalue weighted by Crippen LogP contribution is 2.40. The van der Waals surface area contributed by atoms with E-state index in [4.69, 9.17) is 14.0 Å². The number of rotatable bonds is 5. The fourth-order valence-electron chi connectivity index (χ4n) is 3.06. The van der Waals surface area contributed by atoms with Gasteiger partial charge in [-0.2, -0.15) is 4.98 Å². The summed E-state index contributed by atoms with van der Waals surface area (Å²) in [5, 5.41) is 7.35. The first kappa shape index (κ1) is 14.9. The molecule has 0 aromatic carbocycles. The molecule has 1 saturated heterocycles. The summed E-state index contributed by atoms with van der Waals surface area (Å²) in [5.41, 5.74) is -0.482. The average Bonchev–Trinajstić information content (AvgIpc) is 2.94. The Kier molecular flexibility index (Phi) is 4.03. The quantitative estimate of drug-likeness (QED) is 0.896. The minimum Gasteiger partial charge on any atom is -0.370 e. The van der Waals surface area contributed by atoms with Crippen molar-refractivity contribution < 1.29 is 14.0 Å². The van der Waals surface area contributed by atoms with E-state index in [1.54, 1.807) is 7.11 Å². The molecule has 1 aliphatic carbocycles.